The highest BCUT2D eigenvalue weighted by molar-refractivity contribution is 5.25. The number of aliphatic hydroxyl groups is 1. The topological polar surface area (TPSA) is 20.2 Å². The molecule has 0 fully saturated rings. The molecule has 15 heavy (non-hydrogen) atoms. The molecule has 84 valence electrons. The fourth-order valence-corrected chi connectivity index (χ4v) is 1.86. The van der Waals surface area contributed by atoms with E-state index in [1.807, 2.05) is 0 Å². The number of aliphatic hydroxyl groups excluding tert-OH is 1. The zero-order valence-electron chi connectivity index (χ0n) is 9.63. The minimum absolute atomic E-state index is 0.213. The Balaban J connectivity index is 2.90. The van der Waals surface area contributed by atoms with Gasteiger partial charge in [-0.2, -0.15) is 0 Å². The third-order valence-electron chi connectivity index (χ3n) is 3.02. The van der Waals surface area contributed by atoms with E-state index in [0.29, 0.717) is 5.56 Å². The second kappa shape index (κ2) is 5.26. The summed E-state index contributed by atoms with van der Waals surface area (Å²) in [6.45, 7) is 5.85. The van der Waals surface area contributed by atoms with Crippen molar-refractivity contribution >= 4 is 0 Å². The predicted molar refractivity (Wildman–Crippen MR) is 60.2 cm³/mol. The lowest BCUT2D eigenvalue weighted by Gasteiger charge is -2.20. The molecule has 1 rings (SSSR count). The van der Waals surface area contributed by atoms with Gasteiger partial charge in [0.15, 0.2) is 0 Å². The van der Waals surface area contributed by atoms with Crippen LogP contribution in [-0.2, 0) is 0 Å². The van der Waals surface area contributed by atoms with Gasteiger partial charge in [0.05, 0.1) is 6.10 Å². The Morgan fingerprint density at radius 3 is 2.33 bits per heavy atom. The Bertz CT molecular complexity index is 318. The van der Waals surface area contributed by atoms with Crippen LogP contribution in [0.15, 0.2) is 18.2 Å². The van der Waals surface area contributed by atoms with Gasteiger partial charge in [-0.25, -0.2) is 4.39 Å². The summed E-state index contributed by atoms with van der Waals surface area (Å²) in [5, 5.41) is 10.1. The molecular weight excluding hydrogens is 191 g/mol. The van der Waals surface area contributed by atoms with Gasteiger partial charge in [0, 0.05) is 0 Å². The van der Waals surface area contributed by atoms with Crippen LogP contribution < -0.4 is 0 Å². The van der Waals surface area contributed by atoms with Gasteiger partial charge < -0.3 is 5.11 Å². The summed E-state index contributed by atoms with van der Waals surface area (Å²) in [6, 6.07) is 4.83. The molecule has 2 heteroatoms. The van der Waals surface area contributed by atoms with E-state index in [9.17, 15) is 9.50 Å². The van der Waals surface area contributed by atoms with Crippen LogP contribution in [0.3, 0.4) is 0 Å². The minimum Gasteiger partial charge on any atom is -0.388 e. The summed E-state index contributed by atoms with van der Waals surface area (Å²) in [6.07, 6.45) is 1.40. The molecule has 1 aromatic rings. The second-order valence-electron chi connectivity index (χ2n) is 4.03. The molecule has 0 aliphatic rings. The SMILES string of the molecule is CCC(CC)C(O)c1ccc(F)c(C)c1. The quantitative estimate of drug-likeness (QED) is 0.805. The van der Waals surface area contributed by atoms with Crippen molar-refractivity contribution in [2.45, 2.75) is 39.7 Å². The average molecular weight is 210 g/mol. The molecule has 0 saturated heterocycles. The van der Waals surface area contributed by atoms with E-state index in [4.69, 9.17) is 0 Å². The van der Waals surface area contributed by atoms with E-state index >= 15 is 0 Å². The first-order valence-electron chi connectivity index (χ1n) is 5.54. The van der Waals surface area contributed by atoms with Gasteiger partial charge in [-0.05, 0) is 30.0 Å². The molecule has 0 radical (unpaired) electrons. The summed E-state index contributed by atoms with van der Waals surface area (Å²) in [5.41, 5.74) is 1.42. The van der Waals surface area contributed by atoms with E-state index in [1.54, 1.807) is 19.1 Å². The van der Waals surface area contributed by atoms with Crippen LogP contribution in [0.4, 0.5) is 4.39 Å². The maximum Gasteiger partial charge on any atom is 0.126 e. The molecule has 1 nitrogen and oxygen atoms in total. The lowest BCUT2D eigenvalue weighted by molar-refractivity contribution is 0.103. The number of rotatable bonds is 4. The first-order valence-corrected chi connectivity index (χ1v) is 5.54. The molecule has 0 spiro atoms. The number of benzene rings is 1. The third-order valence-corrected chi connectivity index (χ3v) is 3.02. The van der Waals surface area contributed by atoms with Gasteiger partial charge in [-0.15, -0.1) is 0 Å². The fourth-order valence-electron chi connectivity index (χ4n) is 1.86. The van der Waals surface area contributed by atoms with Crippen LogP contribution in [0.25, 0.3) is 0 Å². The van der Waals surface area contributed by atoms with Crippen LogP contribution in [0.1, 0.15) is 43.9 Å². The van der Waals surface area contributed by atoms with E-state index in [2.05, 4.69) is 13.8 Å². The molecular formula is C13H19FO. The standard InChI is InChI=1S/C13H19FO/c1-4-10(5-2)13(15)11-6-7-12(14)9(3)8-11/h6-8,10,13,15H,4-5H2,1-3H3. The van der Waals surface area contributed by atoms with Crippen molar-refractivity contribution in [3.63, 3.8) is 0 Å². The van der Waals surface area contributed by atoms with Crippen molar-refractivity contribution < 1.29 is 9.50 Å². The van der Waals surface area contributed by atoms with E-state index in [-0.39, 0.29) is 11.7 Å². The monoisotopic (exact) mass is 210 g/mol. The number of halogens is 1. The molecule has 1 aromatic carbocycles. The molecule has 0 aliphatic carbocycles. The summed E-state index contributed by atoms with van der Waals surface area (Å²) < 4.78 is 13.0. The van der Waals surface area contributed by atoms with Crippen LogP contribution in [0, 0.1) is 18.7 Å². The van der Waals surface area contributed by atoms with E-state index in [0.717, 1.165) is 18.4 Å². The highest BCUT2D eigenvalue weighted by Crippen LogP contribution is 2.27. The van der Waals surface area contributed by atoms with Crippen molar-refractivity contribution in [3.8, 4) is 0 Å². The zero-order valence-corrected chi connectivity index (χ0v) is 9.63. The Labute approximate surface area is 90.9 Å². The molecule has 0 aromatic heterocycles. The first-order chi connectivity index (χ1) is 7.10. The predicted octanol–water partition coefficient (Wildman–Crippen LogP) is 3.60. The van der Waals surface area contributed by atoms with Crippen LogP contribution in [0.2, 0.25) is 0 Å². The van der Waals surface area contributed by atoms with Crippen LogP contribution in [0.5, 0.6) is 0 Å². The molecule has 0 aliphatic heterocycles. The summed E-state index contributed by atoms with van der Waals surface area (Å²) in [4.78, 5) is 0. The Morgan fingerprint density at radius 2 is 1.87 bits per heavy atom. The number of hydrogen-bond donors (Lipinski definition) is 1. The largest absolute Gasteiger partial charge is 0.388 e. The van der Waals surface area contributed by atoms with Gasteiger partial charge in [-0.3, -0.25) is 0 Å². The molecule has 1 unspecified atom stereocenters. The lowest BCUT2D eigenvalue weighted by Crippen LogP contribution is -2.11. The number of aryl methyl sites for hydroxylation is 1. The Kier molecular flexibility index (Phi) is 4.28. The number of hydrogen-bond acceptors (Lipinski definition) is 1. The molecule has 0 amide bonds. The van der Waals surface area contributed by atoms with E-state index < -0.39 is 6.10 Å². The maximum absolute atomic E-state index is 13.0. The highest BCUT2D eigenvalue weighted by Gasteiger charge is 2.17. The summed E-state index contributed by atoms with van der Waals surface area (Å²) >= 11 is 0. The molecule has 0 heterocycles. The van der Waals surface area contributed by atoms with Crippen molar-refractivity contribution in [2.75, 3.05) is 0 Å². The molecule has 0 bridgehead atoms. The van der Waals surface area contributed by atoms with Crippen molar-refractivity contribution in [1.29, 1.82) is 0 Å². The fraction of sp³-hybridized carbons (Fsp3) is 0.538. The van der Waals surface area contributed by atoms with Crippen LogP contribution in [-0.4, -0.2) is 5.11 Å². The van der Waals surface area contributed by atoms with Crippen molar-refractivity contribution in [3.05, 3.63) is 35.1 Å². The molecule has 1 atom stereocenters. The Morgan fingerprint density at radius 1 is 1.27 bits per heavy atom. The first kappa shape index (κ1) is 12.2. The van der Waals surface area contributed by atoms with Crippen molar-refractivity contribution in [2.24, 2.45) is 5.92 Å². The van der Waals surface area contributed by atoms with Gasteiger partial charge >= 0.3 is 0 Å². The second-order valence-corrected chi connectivity index (χ2v) is 4.03. The summed E-state index contributed by atoms with van der Waals surface area (Å²) in [7, 11) is 0. The summed E-state index contributed by atoms with van der Waals surface area (Å²) in [5.74, 6) is 0.0466. The maximum atomic E-state index is 13.0. The third kappa shape index (κ3) is 2.78. The average Bonchev–Trinajstić information content (AvgIpc) is 2.23. The lowest BCUT2D eigenvalue weighted by atomic mass is 9.91. The van der Waals surface area contributed by atoms with Crippen molar-refractivity contribution in [1.82, 2.24) is 0 Å². The normalized spacial score (nSPS) is 13.2. The minimum atomic E-state index is -0.473. The van der Waals surface area contributed by atoms with Gasteiger partial charge in [0.1, 0.15) is 5.82 Å². The zero-order chi connectivity index (χ0) is 11.4. The van der Waals surface area contributed by atoms with Gasteiger partial charge in [0.2, 0.25) is 0 Å². The van der Waals surface area contributed by atoms with E-state index in [1.165, 1.54) is 6.07 Å². The smallest absolute Gasteiger partial charge is 0.126 e. The van der Waals surface area contributed by atoms with Crippen LogP contribution >= 0.6 is 0 Å². The molecule has 0 saturated carbocycles. The highest BCUT2D eigenvalue weighted by atomic mass is 19.1. The van der Waals surface area contributed by atoms with Gasteiger partial charge in [0.25, 0.3) is 0 Å². The molecule has 1 N–H and O–H groups in total. The Hall–Kier alpha value is -0.890. The van der Waals surface area contributed by atoms with Gasteiger partial charge in [-0.1, -0.05) is 38.8 Å².